The number of urea groups is 1. The number of carbonyl (C=O) groups excluding carboxylic acids is 2. The molecular formula is C12H21N3O5. The average molecular weight is 287 g/mol. The molecule has 0 aromatic rings. The number of aliphatic carboxylic acids is 1. The van der Waals surface area contributed by atoms with Gasteiger partial charge in [0.15, 0.2) is 0 Å². The Morgan fingerprint density at radius 3 is 2.70 bits per heavy atom. The van der Waals surface area contributed by atoms with Crippen LogP contribution < -0.4 is 11.1 Å². The molecule has 3 amide bonds. The lowest BCUT2D eigenvalue weighted by atomic mass is 10.1. The third-order valence-electron chi connectivity index (χ3n) is 3.12. The van der Waals surface area contributed by atoms with Crippen molar-refractivity contribution in [2.24, 2.45) is 5.73 Å². The lowest BCUT2D eigenvalue weighted by molar-refractivity contribution is -0.139. The van der Waals surface area contributed by atoms with Crippen molar-refractivity contribution in [3.63, 3.8) is 0 Å². The van der Waals surface area contributed by atoms with E-state index in [2.05, 4.69) is 5.32 Å². The summed E-state index contributed by atoms with van der Waals surface area (Å²) in [6.45, 7) is 1.10. The first-order chi connectivity index (χ1) is 9.40. The molecule has 1 rings (SSSR count). The molecule has 0 saturated carbocycles. The standard InChI is InChI=1S/C12H21N3O5/c1-15(7-8-3-2-6-20-8)12(19)14-9(11(17)18)4-5-10(13)16/h8-9H,2-7H2,1H3,(H2,13,16)(H,14,19)(H,17,18)/t8?,9-/m0/s1. The average Bonchev–Trinajstić information content (AvgIpc) is 2.86. The number of nitrogens with two attached hydrogens (primary N) is 1. The van der Waals surface area contributed by atoms with Gasteiger partial charge in [0, 0.05) is 26.6 Å². The first kappa shape index (κ1) is 16.2. The zero-order valence-electron chi connectivity index (χ0n) is 11.5. The van der Waals surface area contributed by atoms with E-state index in [1.807, 2.05) is 0 Å². The summed E-state index contributed by atoms with van der Waals surface area (Å²) in [6.07, 6.45) is 1.74. The predicted octanol–water partition coefficient (Wildman–Crippen LogP) is -0.474. The minimum atomic E-state index is -1.19. The summed E-state index contributed by atoms with van der Waals surface area (Å²) in [5.74, 6) is -1.79. The maximum absolute atomic E-state index is 11.9. The second-order valence-electron chi connectivity index (χ2n) is 4.86. The lowest BCUT2D eigenvalue weighted by Crippen LogP contribution is -2.48. The summed E-state index contributed by atoms with van der Waals surface area (Å²) < 4.78 is 5.41. The van der Waals surface area contributed by atoms with Gasteiger partial charge in [-0.3, -0.25) is 4.79 Å². The van der Waals surface area contributed by atoms with Crippen LogP contribution in [0.2, 0.25) is 0 Å². The number of carboxylic acid groups (broad SMARTS) is 1. The van der Waals surface area contributed by atoms with E-state index in [9.17, 15) is 14.4 Å². The van der Waals surface area contributed by atoms with E-state index in [0.717, 1.165) is 12.8 Å². The van der Waals surface area contributed by atoms with Crippen molar-refractivity contribution in [1.82, 2.24) is 10.2 Å². The van der Waals surface area contributed by atoms with Crippen LogP contribution in [0, 0.1) is 0 Å². The Bertz CT molecular complexity index is 368. The number of hydrogen-bond donors (Lipinski definition) is 3. The van der Waals surface area contributed by atoms with Crippen molar-refractivity contribution < 1.29 is 24.2 Å². The molecule has 1 heterocycles. The molecule has 1 aliphatic heterocycles. The van der Waals surface area contributed by atoms with Crippen LogP contribution in [-0.4, -0.2) is 60.3 Å². The molecule has 114 valence electrons. The van der Waals surface area contributed by atoms with Gasteiger partial charge in [-0.15, -0.1) is 0 Å². The monoisotopic (exact) mass is 287 g/mol. The lowest BCUT2D eigenvalue weighted by Gasteiger charge is -2.23. The molecule has 0 spiro atoms. The maximum Gasteiger partial charge on any atom is 0.326 e. The van der Waals surface area contributed by atoms with E-state index < -0.39 is 23.9 Å². The number of rotatable bonds is 7. The second kappa shape index (κ2) is 7.68. The molecule has 20 heavy (non-hydrogen) atoms. The summed E-state index contributed by atoms with van der Waals surface area (Å²) in [5.41, 5.74) is 4.97. The molecule has 1 unspecified atom stereocenters. The molecule has 2 atom stereocenters. The van der Waals surface area contributed by atoms with Gasteiger partial charge in [-0.2, -0.15) is 0 Å². The zero-order chi connectivity index (χ0) is 15.1. The van der Waals surface area contributed by atoms with Crippen molar-refractivity contribution >= 4 is 17.9 Å². The maximum atomic E-state index is 11.9. The number of likely N-dealkylation sites (N-methyl/N-ethyl adjacent to an activating group) is 1. The highest BCUT2D eigenvalue weighted by Gasteiger charge is 2.24. The van der Waals surface area contributed by atoms with Crippen LogP contribution in [0.1, 0.15) is 25.7 Å². The van der Waals surface area contributed by atoms with Gasteiger partial charge in [0.2, 0.25) is 5.91 Å². The Kier molecular flexibility index (Phi) is 6.23. The number of primary amides is 1. The molecule has 4 N–H and O–H groups in total. The van der Waals surface area contributed by atoms with Crippen molar-refractivity contribution in [3.05, 3.63) is 0 Å². The largest absolute Gasteiger partial charge is 0.480 e. The minimum Gasteiger partial charge on any atom is -0.480 e. The molecule has 0 bridgehead atoms. The van der Waals surface area contributed by atoms with Crippen LogP contribution >= 0.6 is 0 Å². The fraction of sp³-hybridized carbons (Fsp3) is 0.750. The third kappa shape index (κ3) is 5.43. The Morgan fingerprint density at radius 2 is 2.20 bits per heavy atom. The van der Waals surface area contributed by atoms with Crippen LogP contribution in [0.3, 0.4) is 0 Å². The Hall–Kier alpha value is -1.83. The molecule has 1 saturated heterocycles. The van der Waals surface area contributed by atoms with Crippen LogP contribution in [0.5, 0.6) is 0 Å². The molecule has 0 aliphatic carbocycles. The number of carboxylic acids is 1. The molecule has 1 aliphatic rings. The van der Waals surface area contributed by atoms with Gasteiger partial charge in [0.1, 0.15) is 6.04 Å². The van der Waals surface area contributed by atoms with Gasteiger partial charge >= 0.3 is 12.0 Å². The van der Waals surface area contributed by atoms with Gasteiger partial charge in [0.05, 0.1) is 6.10 Å². The molecule has 1 fully saturated rings. The zero-order valence-corrected chi connectivity index (χ0v) is 11.5. The Morgan fingerprint density at radius 1 is 1.50 bits per heavy atom. The number of hydrogen-bond acceptors (Lipinski definition) is 4. The number of ether oxygens (including phenoxy) is 1. The Balaban J connectivity index is 2.42. The van der Waals surface area contributed by atoms with Crippen molar-refractivity contribution in [3.8, 4) is 0 Å². The minimum absolute atomic E-state index is 0.000326. The van der Waals surface area contributed by atoms with Gasteiger partial charge in [-0.05, 0) is 19.3 Å². The summed E-state index contributed by atoms with van der Waals surface area (Å²) in [6, 6.07) is -1.63. The second-order valence-corrected chi connectivity index (χ2v) is 4.86. The third-order valence-corrected chi connectivity index (χ3v) is 3.12. The molecule has 0 radical (unpaired) electrons. The number of carbonyl (C=O) groups is 3. The summed E-state index contributed by atoms with van der Waals surface area (Å²) in [4.78, 5) is 34.9. The number of nitrogens with one attached hydrogen (secondary N) is 1. The van der Waals surface area contributed by atoms with Crippen molar-refractivity contribution in [1.29, 1.82) is 0 Å². The quantitative estimate of drug-likeness (QED) is 0.584. The molecular weight excluding hydrogens is 266 g/mol. The highest BCUT2D eigenvalue weighted by Crippen LogP contribution is 2.12. The summed E-state index contributed by atoms with van der Waals surface area (Å²) >= 11 is 0. The van der Waals surface area contributed by atoms with E-state index in [0.29, 0.717) is 13.2 Å². The van der Waals surface area contributed by atoms with E-state index in [1.165, 1.54) is 4.90 Å². The van der Waals surface area contributed by atoms with Crippen LogP contribution in [-0.2, 0) is 14.3 Å². The summed E-state index contributed by atoms with van der Waals surface area (Å²) in [7, 11) is 1.57. The van der Waals surface area contributed by atoms with E-state index >= 15 is 0 Å². The van der Waals surface area contributed by atoms with Crippen molar-refractivity contribution in [2.75, 3.05) is 20.2 Å². The fourth-order valence-corrected chi connectivity index (χ4v) is 1.98. The smallest absolute Gasteiger partial charge is 0.326 e. The van der Waals surface area contributed by atoms with Crippen LogP contribution in [0.15, 0.2) is 0 Å². The van der Waals surface area contributed by atoms with Gasteiger partial charge in [0.25, 0.3) is 0 Å². The normalized spacial score (nSPS) is 19.4. The first-order valence-electron chi connectivity index (χ1n) is 6.54. The Labute approximate surface area is 117 Å². The molecule has 8 heteroatoms. The predicted molar refractivity (Wildman–Crippen MR) is 70.0 cm³/mol. The number of nitrogens with zero attached hydrogens (tertiary/aromatic N) is 1. The SMILES string of the molecule is CN(CC1CCCO1)C(=O)N[C@@H](CCC(N)=O)C(=O)O. The molecule has 8 nitrogen and oxygen atoms in total. The van der Waals surface area contributed by atoms with Gasteiger partial charge in [-0.25, -0.2) is 9.59 Å². The fourth-order valence-electron chi connectivity index (χ4n) is 1.98. The highest BCUT2D eigenvalue weighted by molar-refractivity contribution is 5.83. The summed E-state index contributed by atoms with van der Waals surface area (Å²) in [5, 5.41) is 11.4. The first-order valence-corrected chi connectivity index (χ1v) is 6.54. The van der Waals surface area contributed by atoms with E-state index in [-0.39, 0.29) is 18.9 Å². The van der Waals surface area contributed by atoms with Crippen LogP contribution in [0.4, 0.5) is 4.79 Å². The van der Waals surface area contributed by atoms with Crippen LogP contribution in [0.25, 0.3) is 0 Å². The highest BCUT2D eigenvalue weighted by atomic mass is 16.5. The van der Waals surface area contributed by atoms with Gasteiger partial charge < -0.3 is 25.8 Å². The van der Waals surface area contributed by atoms with Gasteiger partial charge in [-0.1, -0.05) is 0 Å². The molecule has 0 aromatic carbocycles. The van der Waals surface area contributed by atoms with E-state index in [1.54, 1.807) is 7.05 Å². The molecule has 0 aromatic heterocycles. The van der Waals surface area contributed by atoms with E-state index in [4.69, 9.17) is 15.6 Å². The topological polar surface area (TPSA) is 122 Å². The number of amides is 3. The van der Waals surface area contributed by atoms with Crippen molar-refractivity contribution in [2.45, 2.75) is 37.8 Å².